The van der Waals surface area contributed by atoms with Crippen molar-refractivity contribution in [2.75, 3.05) is 19.6 Å². The van der Waals surface area contributed by atoms with Gasteiger partial charge in [0.05, 0.1) is 5.02 Å². The van der Waals surface area contributed by atoms with E-state index >= 15 is 0 Å². The smallest absolute Gasteiger partial charge is 0.251 e. The molecule has 4 nitrogen and oxygen atoms in total. The number of nitrogens with one attached hydrogen (secondary N) is 1. The highest BCUT2D eigenvalue weighted by atomic mass is 35.5. The normalized spacial score (nSPS) is 24.9. The summed E-state index contributed by atoms with van der Waals surface area (Å²) in [5.41, 5.74) is 0.702. The van der Waals surface area contributed by atoms with E-state index in [0.717, 1.165) is 16.5 Å². The molecule has 1 unspecified atom stereocenters. The van der Waals surface area contributed by atoms with Gasteiger partial charge in [-0.15, -0.1) is 0 Å². The number of carbonyl (C=O) groups excluding carboxylic acids is 1. The molecule has 0 aliphatic carbocycles. The number of pyridine rings is 1. The van der Waals surface area contributed by atoms with E-state index in [4.69, 9.17) is 11.6 Å². The molecule has 0 saturated carbocycles. The average Bonchev–Trinajstić information content (AvgIpc) is 2.65. The zero-order valence-electron chi connectivity index (χ0n) is 13.8. The van der Waals surface area contributed by atoms with Crippen molar-refractivity contribution in [3.8, 4) is 0 Å². The van der Waals surface area contributed by atoms with Crippen LogP contribution in [0.5, 0.6) is 0 Å². The second-order valence-electron chi connectivity index (χ2n) is 6.63. The Balaban J connectivity index is 1.40. The van der Waals surface area contributed by atoms with E-state index in [1.54, 1.807) is 6.20 Å². The summed E-state index contributed by atoms with van der Waals surface area (Å²) in [5.74, 6) is 0.654. The van der Waals surface area contributed by atoms with Crippen LogP contribution in [0.25, 0.3) is 0 Å². The first-order valence-corrected chi connectivity index (χ1v) is 9.80. The van der Waals surface area contributed by atoms with Crippen LogP contribution in [0.4, 0.5) is 0 Å². The van der Waals surface area contributed by atoms with E-state index in [0.29, 0.717) is 16.5 Å². The van der Waals surface area contributed by atoms with Gasteiger partial charge in [0, 0.05) is 29.2 Å². The second kappa shape index (κ2) is 7.36. The molecule has 4 heterocycles. The fourth-order valence-electron chi connectivity index (χ4n) is 3.61. The Kier molecular flexibility index (Phi) is 4.97. The Hall–Kier alpha value is -1.56. The van der Waals surface area contributed by atoms with Crippen molar-refractivity contribution in [2.24, 2.45) is 5.92 Å². The molecule has 6 heteroatoms. The standard InChI is InChI=1S/C19H20ClN3OS/c20-16-2-1-9-21-19(16)25-15-5-3-14(4-6-15)18(24)22-17-12-23-10-7-13(17)8-11-23/h1-6,9,13,17H,7-8,10-12H2,(H,22,24). The maximum absolute atomic E-state index is 12.5. The Morgan fingerprint density at radius 3 is 2.60 bits per heavy atom. The van der Waals surface area contributed by atoms with Crippen LogP contribution in [0.3, 0.4) is 0 Å². The summed E-state index contributed by atoms with van der Waals surface area (Å²) in [6, 6.07) is 11.6. The van der Waals surface area contributed by atoms with E-state index in [2.05, 4.69) is 15.2 Å². The molecule has 3 aliphatic rings. The van der Waals surface area contributed by atoms with Crippen molar-refractivity contribution < 1.29 is 4.79 Å². The monoisotopic (exact) mass is 373 g/mol. The quantitative estimate of drug-likeness (QED) is 0.887. The van der Waals surface area contributed by atoms with E-state index in [-0.39, 0.29) is 11.9 Å². The Morgan fingerprint density at radius 1 is 1.20 bits per heavy atom. The maximum Gasteiger partial charge on any atom is 0.251 e. The van der Waals surface area contributed by atoms with Crippen LogP contribution in [-0.2, 0) is 0 Å². The summed E-state index contributed by atoms with van der Waals surface area (Å²) >= 11 is 7.64. The molecule has 130 valence electrons. The van der Waals surface area contributed by atoms with E-state index in [1.807, 2.05) is 36.4 Å². The van der Waals surface area contributed by atoms with Gasteiger partial charge in [0.1, 0.15) is 5.03 Å². The molecule has 3 saturated heterocycles. The molecule has 5 rings (SSSR count). The van der Waals surface area contributed by atoms with Gasteiger partial charge in [0.2, 0.25) is 0 Å². The van der Waals surface area contributed by atoms with Crippen LogP contribution in [-0.4, -0.2) is 41.5 Å². The number of hydrogen-bond donors (Lipinski definition) is 1. The third-order valence-electron chi connectivity index (χ3n) is 5.03. The average molecular weight is 374 g/mol. The van der Waals surface area contributed by atoms with Crippen LogP contribution in [0.1, 0.15) is 23.2 Å². The van der Waals surface area contributed by atoms with E-state index < -0.39 is 0 Å². The van der Waals surface area contributed by atoms with Gasteiger partial charge in [0.15, 0.2) is 0 Å². The molecular weight excluding hydrogens is 354 g/mol. The predicted octanol–water partition coefficient (Wildman–Crippen LogP) is 3.71. The molecule has 2 aromatic rings. The molecule has 3 fully saturated rings. The number of carbonyl (C=O) groups is 1. The Morgan fingerprint density at radius 2 is 1.96 bits per heavy atom. The minimum atomic E-state index is 0.0196. The van der Waals surface area contributed by atoms with Gasteiger partial charge in [-0.3, -0.25) is 4.79 Å². The van der Waals surface area contributed by atoms with Gasteiger partial charge >= 0.3 is 0 Å². The molecule has 1 atom stereocenters. The molecule has 2 bridgehead atoms. The largest absolute Gasteiger partial charge is 0.348 e. The minimum Gasteiger partial charge on any atom is -0.348 e. The molecular formula is C19H20ClN3OS. The lowest BCUT2D eigenvalue weighted by atomic mass is 9.84. The number of amides is 1. The highest BCUT2D eigenvalue weighted by Crippen LogP contribution is 2.31. The first-order valence-electron chi connectivity index (χ1n) is 8.61. The first kappa shape index (κ1) is 16.9. The summed E-state index contributed by atoms with van der Waals surface area (Å²) in [7, 11) is 0. The molecule has 3 aliphatic heterocycles. The zero-order chi connectivity index (χ0) is 17.2. The van der Waals surface area contributed by atoms with Crippen LogP contribution >= 0.6 is 23.4 Å². The highest BCUT2D eigenvalue weighted by Gasteiger charge is 2.34. The van der Waals surface area contributed by atoms with Gasteiger partial charge < -0.3 is 10.2 Å². The summed E-state index contributed by atoms with van der Waals surface area (Å²) in [4.78, 5) is 20.3. The zero-order valence-corrected chi connectivity index (χ0v) is 15.4. The summed E-state index contributed by atoms with van der Waals surface area (Å²) in [5, 5.41) is 4.63. The van der Waals surface area contributed by atoms with Crippen LogP contribution in [0, 0.1) is 5.92 Å². The minimum absolute atomic E-state index is 0.0196. The van der Waals surface area contributed by atoms with Crippen LogP contribution in [0.2, 0.25) is 5.02 Å². The highest BCUT2D eigenvalue weighted by molar-refractivity contribution is 7.99. The van der Waals surface area contributed by atoms with Gasteiger partial charge in [-0.2, -0.15) is 0 Å². The lowest BCUT2D eigenvalue weighted by molar-refractivity contribution is 0.0620. The number of fused-ring (bicyclic) bond motifs is 3. The van der Waals surface area contributed by atoms with Crippen molar-refractivity contribution >= 4 is 29.3 Å². The fourth-order valence-corrected chi connectivity index (χ4v) is 4.62. The number of hydrogen-bond acceptors (Lipinski definition) is 4. The summed E-state index contributed by atoms with van der Waals surface area (Å²) < 4.78 is 0. The molecule has 0 radical (unpaired) electrons. The predicted molar refractivity (Wildman–Crippen MR) is 100 cm³/mol. The van der Waals surface area contributed by atoms with Crippen molar-refractivity contribution in [2.45, 2.75) is 28.8 Å². The Labute approximate surface area is 157 Å². The number of halogens is 1. The van der Waals surface area contributed by atoms with Crippen molar-refractivity contribution in [1.82, 2.24) is 15.2 Å². The van der Waals surface area contributed by atoms with E-state index in [1.165, 1.54) is 37.7 Å². The number of aromatic nitrogens is 1. The van der Waals surface area contributed by atoms with Gasteiger partial charge in [-0.1, -0.05) is 23.4 Å². The van der Waals surface area contributed by atoms with Gasteiger partial charge in [-0.25, -0.2) is 4.98 Å². The first-order chi connectivity index (χ1) is 12.2. The Bertz CT molecular complexity index is 760. The van der Waals surface area contributed by atoms with E-state index in [9.17, 15) is 4.79 Å². The van der Waals surface area contributed by atoms with Crippen LogP contribution < -0.4 is 5.32 Å². The third kappa shape index (κ3) is 3.84. The topological polar surface area (TPSA) is 45.2 Å². The fraction of sp³-hybridized carbons (Fsp3) is 0.368. The molecule has 1 N–H and O–H groups in total. The second-order valence-corrected chi connectivity index (χ2v) is 8.10. The number of rotatable bonds is 4. The van der Waals surface area contributed by atoms with Crippen molar-refractivity contribution in [1.29, 1.82) is 0 Å². The van der Waals surface area contributed by atoms with Gasteiger partial charge in [-0.05, 0) is 68.2 Å². The number of piperidine rings is 3. The third-order valence-corrected chi connectivity index (χ3v) is 6.47. The molecule has 25 heavy (non-hydrogen) atoms. The number of nitrogens with zero attached hydrogens (tertiary/aromatic N) is 2. The molecule has 1 aromatic carbocycles. The molecule has 1 aromatic heterocycles. The SMILES string of the molecule is O=C(NC1CN2CCC1CC2)c1ccc(Sc2ncccc2Cl)cc1. The summed E-state index contributed by atoms with van der Waals surface area (Å²) in [6.07, 6.45) is 4.13. The summed E-state index contributed by atoms with van der Waals surface area (Å²) in [6.45, 7) is 3.35. The van der Waals surface area contributed by atoms with Crippen molar-refractivity contribution in [3.05, 3.63) is 53.2 Å². The maximum atomic E-state index is 12.5. The number of benzene rings is 1. The molecule has 0 spiro atoms. The van der Waals surface area contributed by atoms with Crippen molar-refractivity contribution in [3.63, 3.8) is 0 Å². The lowest BCUT2D eigenvalue weighted by Crippen LogP contribution is -2.57. The lowest BCUT2D eigenvalue weighted by Gasteiger charge is -2.44. The van der Waals surface area contributed by atoms with Gasteiger partial charge in [0.25, 0.3) is 5.91 Å². The molecule has 1 amide bonds. The van der Waals surface area contributed by atoms with Crippen LogP contribution in [0.15, 0.2) is 52.5 Å².